The van der Waals surface area contributed by atoms with E-state index in [1.807, 2.05) is 31.4 Å². The van der Waals surface area contributed by atoms with Gasteiger partial charge in [-0.25, -0.2) is 0 Å². The maximum atomic E-state index is 5.74. The van der Waals surface area contributed by atoms with Crippen molar-refractivity contribution >= 4 is 16.6 Å². The number of anilines is 1. The van der Waals surface area contributed by atoms with Crippen molar-refractivity contribution in [1.29, 1.82) is 0 Å². The van der Waals surface area contributed by atoms with E-state index in [1.165, 1.54) is 0 Å². The van der Waals surface area contributed by atoms with Gasteiger partial charge in [0.2, 0.25) is 0 Å². The summed E-state index contributed by atoms with van der Waals surface area (Å²) >= 11 is 0. The summed E-state index contributed by atoms with van der Waals surface area (Å²) in [6, 6.07) is 5.81. The number of aromatic nitrogens is 2. The number of fused-ring (bicyclic) bond motifs is 1. The molecule has 0 radical (unpaired) electrons. The van der Waals surface area contributed by atoms with Gasteiger partial charge in [0.25, 0.3) is 0 Å². The van der Waals surface area contributed by atoms with Gasteiger partial charge < -0.3 is 5.73 Å². The van der Waals surface area contributed by atoms with Crippen LogP contribution in [0.15, 0.2) is 24.4 Å². The highest BCUT2D eigenvalue weighted by atomic mass is 15.2. The Morgan fingerprint density at radius 2 is 2.27 bits per heavy atom. The molecule has 3 nitrogen and oxygen atoms in total. The molecule has 0 spiro atoms. The number of nitrogen functional groups attached to an aromatic ring is 1. The van der Waals surface area contributed by atoms with Crippen molar-refractivity contribution in [3.8, 4) is 0 Å². The molecule has 0 saturated carbocycles. The van der Waals surface area contributed by atoms with Crippen LogP contribution >= 0.6 is 0 Å². The molecule has 1 aromatic carbocycles. The van der Waals surface area contributed by atoms with Crippen LogP contribution in [0.25, 0.3) is 10.9 Å². The Bertz CT molecular complexity index is 389. The lowest BCUT2D eigenvalue weighted by molar-refractivity contribution is 0.798. The summed E-state index contributed by atoms with van der Waals surface area (Å²) in [5, 5.41) is 5.18. The van der Waals surface area contributed by atoms with Crippen LogP contribution in [-0.2, 0) is 7.05 Å². The molecule has 1 heterocycles. The van der Waals surface area contributed by atoms with Crippen molar-refractivity contribution in [3.63, 3.8) is 0 Å². The average Bonchev–Trinajstić information content (AvgIpc) is 2.34. The van der Waals surface area contributed by atoms with Gasteiger partial charge in [0.15, 0.2) is 0 Å². The molecule has 0 aliphatic carbocycles. The lowest BCUT2D eigenvalue weighted by Crippen LogP contribution is -1.93. The van der Waals surface area contributed by atoms with E-state index in [0.717, 1.165) is 16.6 Å². The smallest absolute Gasteiger partial charge is 0.0908 e. The van der Waals surface area contributed by atoms with Gasteiger partial charge in [0.1, 0.15) is 0 Å². The van der Waals surface area contributed by atoms with Crippen LogP contribution in [0, 0.1) is 0 Å². The molecule has 0 amide bonds. The molecule has 0 aliphatic heterocycles. The number of nitrogens with zero attached hydrogens (tertiary/aromatic N) is 2. The summed E-state index contributed by atoms with van der Waals surface area (Å²) in [7, 11) is 1.89. The second-order valence-corrected chi connectivity index (χ2v) is 2.55. The van der Waals surface area contributed by atoms with Crippen molar-refractivity contribution in [1.82, 2.24) is 9.78 Å². The molecule has 2 rings (SSSR count). The Labute approximate surface area is 64.4 Å². The van der Waals surface area contributed by atoms with Gasteiger partial charge >= 0.3 is 0 Å². The minimum Gasteiger partial charge on any atom is -0.397 e. The Balaban J connectivity index is 2.96. The monoisotopic (exact) mass is 147 g/mol. The Morgan fingerprint density at radius 3 is 3.00 bits per heavy atom. The molecule has 0 atom stereocenters. The molecule has 11 heavy (non-hydrogen) atoms. The highest BCUT2D eigenvalue weighted by Crippen LogP contribution is 2.18. The number of rotatable bonds is 0. The molecule has 0 aliphatic rings. The minimum atomic E-state index is 0.780. The van der Waals surface area contributed by atoms with Crippen molar-refractivity contribution in [2.45, 2.75) is 0 Å². The summed E-state index contributed by atoms with van der Waals surface area (Å²) in [5.74, 6) is 0. The molecule has 3 heteroatoms. The third-order valence-corrected chi connectivity index (χ3v) is 1.79. The van der Waals surface area contributed by atoms with E-state index in [9.17, 15) is 0 Å². The van der Waals surface area contributed by atoms with Crippen LogP contribution in [0.4, 0.5) is 5.69 Å². The molecule has 0 fully saturated rings. The number of hydrogen-bond acceptors (Lipinski definition) is 2. The predicted molar refractivity (Wildman–Crippen MR) is 45.1 cm³/mol. The SMILES string of the molecule is Cn1ncc2cccc(N)c21. The van der Waals surface area contributed by atoms with Gasteiger partial charge in [0.05, 0.1) is 17.4 Å². The number of aryl methyl sites for hydroxylation is 1. The lowest BCUT2D eigenvalue weighted by Gasteiger charge is -1.97. The summed E-state index contributed by atoms with van der Waals surface area (Å²) < 4.78 is 1.78. The van der Waals surface area contributed by atoms with Crippen molar-refractivity contribution < 1.29 is 0 Å². The van der Waals surface area contributed by atoms with E-state index >= 15 is 0 Å². The van der Waals surface area contributed by atoms with E-state index in [0.29, 0.717) is 0 Å². The lowest BCUT2D eigenvalue weighted by atomic mass is 10.2. The second kappa shape index (κ2) is 1.99. The van der Waals surface area contributed by atoms with E-state index in [4.69, 9.17) is 5.73 Å². The molecule has 56 valence electrons. The summed E-state index contributed by atoms with van der Waals surface area (Å²) in [5.41, 5.74) is 7.53. The van der Waals surface area contributed by atoms with Crippen LogP contribution in [-0.4, -0.2) is 9.78 Å². The zero-order valence-electron chi connectivity index (χ0n) is 6.28. The third-order valence-electron chi connectivity index (χ3n) is 1.79. The quantitative estimate of drug-likeness (QED) is 0.568. The summed E-state index contributed by atoms with van der Waals surface area (Å²) in [6.45, 7) is 0. The first kappa shape index (κ1) is 6.22. The average molecular weight is 147 g/mol. The topological polar surface area (TPSA) is 43.8 Å². The second-order valence-electron chi connectivity index (χ2n) is 2.55. The molecule has 1 aromatic heterocycles. The van der Waals surface area contributed by atoms with Crippen LogP contribution in [0.3, 0.4) is 0 Å². The Morgan fingerprint density at radius 1 is 1.45 bits per heavy atom. The molecular formula is C8H9N3. The predicted octanol–water partition coefficient (Wildman–Crippen LogP) is 1.16. The van der Waals surface area contributed by atoms with Crippen molar-refractivity contribution in [3.05, 3.63) is 24.4 Å². The van der Waals surface area contributed by atoms with Gasteiger partial charge in [-0.15, -0.1) is 0 Å². The number of nitrogens with two attached hydrogens (primary N) is 1. The zero-order valence-corrected chi connectivity index (χ0v) is 6.28. The third kappa shape index (κ3) is 0.774. The number of para-hydroxylation sites is 1. The van der Waals surface area contributed by atoms with Crippen LogP contribution in [0.5, 0.6) is 0 Å². The van der Waals surface area contributed by atoms with Crippen LogP contribution in [0.2, 0.25) is 0 Å². The largest absolute Gasteiger partial charge is 0.397 e. The van der Waals surface area contributed by atoms with E-state index in [1.54, 1.807) is 4.68 Å². The van der Waals surface area contributed by atoms with Gasteiger partial charge in [-0.1, -0.05) is 12.1 Å². The first-order valence-electron chi connectivity index (χ1n) is 3.45. The zero-order chi connectivity index (χ0) is 7.84. The Hall–Kier alpha value is -1.51. The van der Waals surface area contributed by atoms with Crippen molar-refractivity contribution in [2.24, 2.45) is 7.05 Å². The normalized spacial score (nSPS) is 10.6. The standard InChI is InChI=1S/C8H9N3/c1-11-8-6(5-10-11)3-2-4-7(8)9/h2-5H,9H2,1H3. The molecular weight excluding hydrogens is 138 g/mol. The minimum absolute atomic E-state index is 0.780. The fraction of sp³-hybridized carbons (Fsp3) is 0.125. The van der Waals surface area contributed by atoms with E-state index in [-0.39, 0.29) is 0 Å². The van der Waals surface area contributed by atoms with E-state index < -0.39 is 0 Å². The maximum Gasteiger partial charge on any atom is 0.0908 e. The molecule has 2 aromatic rings. The fourth-order valence-corrected chi connectivity index (χ4v) is 1.26. The fourth-order valence-electron chi connectivity index (χ4n) is 1.26. The van der Waals surface area contributed by atoms with Gasteiger partial charge in [-0.05, 0) is 6.07 Å². The van der Waals surface area contributed by atoms with Gasteiger partial charge in [0, 0.05) is 12.4 Å². The van der Waals surface area contributed by atoms with Crippen LogP contribution < -0.4 is 5.73 Å². The Kier molecular flexibility index (Phi) is 1.12. The molecule has 0 unspecified atom stereocenters. The van der Waals surface area contributed by atoms with E-state index in [2.05, 4.69) is 5.10 Å². The highest BCUT2D eigenvalue weighted by molar-refractivity contribution is 5.89. The number of hydrogen-bond donors (Lipinski definition) is 1. The molecule has 2 N–H and O–H groups in total. The van der Waals surface area contributed by atoms with Crippen molar-refractivity contribution in [2.75, 3.05) is 5.73 Å². The van der Waals surface area contributed by atoms with Gasteiger partial charge in [-0.2, -0.15) is 5.10 Å². The highest BCUT2D eigenvalue weighted by Gasteiger charge is 2.00. The van der Waals surface area contributed by atoms with Gasteiger partial charge in [-0.3, -0.25) is 4.68 Å². The van der Waals surface area contributed by atoms with Crippen LogP contribution in [0.1, 0.15) is 0 Å². The first-order valence-corrected chi connectivity index (χ1v) is 3.45. The first-order chi connectivity index (χ1) is 5.29. The molecule has 0 bridgehead atoms. The maximum absolute atomic E-state index is 5.74. The number of benzene rings is 1. The summed E-state index contributed by atoms with van der Waals surface area (Å²) in [4.78, 5) is 0. The summed E-state index contributed by atoms with van der Waals surface area (Å²) in [6.07, 6.45) is 1.81. The molecule has 0 saturated heterocycles.